The molecule has 1 aromatic carbocycles. The van der Waals surface area contributed by atoms with Gasteiger partial charge in [0, 0.05) is 15.7 Å². The monoisotopic (exact) mass is 289 g/mol. The van der Waals surface area contributed by atoms with Gasteiger partial charge in [-0.2, -0.15) is 0 Å². The van der Waals surface area contributed by atoms with E-state index in [9.17, 15) is 10.2 Å². The van der Waals surface area contributed by atoms with Crippen molar-refractivity contribution in [2.45, 2.75) is 0 Å². The number of nitrogens with zero attached hydrogens (tertiary/aromatic N) is 3. The molecule has 0 spiro atoms. The van der Waals surface area contributed by atoms with Gasteiger partial charge in [-0.1, -0.05) is 23.2 Å². The summed E-state index contributed by atoms with van der Waals surface area (Å²) in [7, 11) is 0. The molecule has 0 amide bonds. The van der Waals surface area contributed by atoms with Gasteiger partial charge in [-0.3, -0.25) is 4.57 Å². The molecule has 2 aromatic rings. The average Bonchev–Trinajstić information content (AvgIpc) is 2.44. The summed E-state index contributed by atoms with van der Waals surface area (Å²) in [6.45, 7) is 0. The van der Waals surface area contributed by atoms with Crippen LogP contribution in [0.2, 0.25) is 10.0 Å². The molecule has 0 saturated heterocycles. The Kier molecular flexibility index (Phi) is 7.44. The van der Waals surface area contributed by atoms with E-state index in [4.69, 9.17) is 23.2 Å². The molecular weight excluding hydrogens is 287 g/mol. The van der Waals surface area contributed by atoms with E-state index in [1.54, 1.807) is 0 Å². The van der Waals surface area contributed by atoms with Gasteiger partial charge >= 0.3 is 59.1 Å². The molecule has 1 aromatic heterocycles. The fraction of sp³-hybridized carbons (Fsp3) is 0. The third kappa shape index (κ3) is 4.01. The number of hydrogen-bond donors (Lipinski definition) is 0. The zero-order valence-electron chi connectivity index (χ0n) is 9.15. The summed E-state index contributed by atoms with van der Waals surface area (Å²) in [6, 6.07) is 2.85. The van der Waals surface area contributed by atoms with Crippen molar-refractivity contribution in [1.82, 2.24) is 14.8 Å². The summed E-state index contributed by atoms with van der Waals surface area (Å²) >= 11 is 11.5. The topological polar surface area (TPSA) is 76.8 Å². The van der Waals surface area contributed by atoms with Gasteiger partial charge < -0.3 is 10.2 Å². The van der Waals surface area contributed by atoms with E-state index in [1.807, 2.05) is 0 Å². The molecule has 5 nitrogen and oxygen atoms in total. The van der Waals surface area contributed by atoms with Crippen LogP contribution in [0.4, 0.5) is 0 Å². The number of aromatic nitrogens is 3. The van der Waals surface area contributed by atoms with Crippen molar-refractivity contribution in [3.8, 4) is 17.7 Å². The van der Waals surface area contributed by atoms with Crippen molar-refractivity contribution in [3.05, 3.63) is 28.2 Å². The fourth-order valence-electron chi connectivity index (χ4n) is 1.15. The van der Waals surface area contributed by atoms with Gasteiger partial charge in [0.2, 0.25) is 0 Å². The molecule has 78 valence electrons. The third-order valence-electron chi connectivity index (χ3n) is 1.71. The number of rotatable bonds is 1. The number of hydrogen-bond acceptors (Lipinski definition) is 4. The predicted octanol–water partition coefficient (Wildman–Crippen LogP) is -5.27. The second kappa shape index (κ2) is 7.21. The predicted molar refractivity (Wildman–Crippen MR) is 50.3 cm³/mol. The zero-order chi connectivity index (χ0) is 11.0. The number of halogens is 2. The van der Waals surface area contributed by atoms with Crippen molar-refractivity contribution in [1.29, 1.82) is 0 Å². The van der Waals surface area contributed by atoms with Crippen molar-refractivity contribution < 1.29 is 69.3 Å². The Hall–Kier alpha value is 0.540. The Labute approximate surface area is 151 Å². The van der Waals surface area contributed by atoms with Crippen LogP contribution >= 0.6 is 23.2 Å². The van der Waals surface area contributed by atoms with Crippen LogP contribution in [0.3, 0.4) is 0 Å². The smallest absolute Gasteiger partial charge is 0.844 e. The van der Waals surface area contributed by atoms with E-state index >= 15 is 0 Å². The molecule has 0 fully saturated rings. The molecule has 9 heteroatoms. The quantitative estimate of drug-likeness (QED) is 0.492. The van der Waals surface area contributed by atoms with E-state index in [-0.39, 0.29) is 64.8 Å². The molecule has 0 N–H and O–H groups in total. The standard InChI is InChI=1S/C8H5Cl2N3O2.2Na/c9-4-1-5(10)3-6(2-4)13-7(14)11-12-8(13)15;;/h1-3H,(H,11,14)(H,12,15);;/q;2*+1/p-2. The minimum Gasteiger partial charge on any atom is -0.844 e. The minimum absolute atomic E-state index is 0. The second-order valence-electron chi connectivity index (χ2n) is 2.73. The molecular formula is C8H3Cl2N3Na2O2. The summed E-state index contributed by atoms with van der Waals surface area (Å²) < 4.78 is 0.789. The van der Waals surface area contributed by atoms with Crippen LogP contribution in [0.5, 0.6) is 12.0 Å². The molecule has 0 bridgehead atoms. The molecule has 17 heavy (non-hydrogen) atoms. The van der Waals surface area contributed by atoms with E-state index in [1.165, 1.54) is 18.2 Å². The van der Waals surface area contributed by atoms with Crippen LogP contribution in [0.1, 0.15) is 0 Å². The first-order valence-corrected chi connectivity index (χ1v) is 4.59. The van der Waals surface area contributed by atoms with Gasteiger partial charge in [-0.25, -0.2) is 0 Å². The van der Waals surface area contributed by atoms with Gasteiger partial charge in [-0.05, 0) is 18.2 Å². The van der Waals surface area contributed by atoms with E-state index < -0.39 is 12.0 Å². The van der Waals surface area contributed by atoms with Gasteiger partial charge in [-0.15, -0.1) is 10.2 Å². The van der Waals surface area contributed by atoms with E-state index in [0.29, 0.717) is 10.0 Å². The van der Waals surface area contributed by atoms with E-state index in [0.717, 1.165) is 4.57 Å². The maximum Gasteiger partial charge on any atom is 1.00 e. The maximum atomic E-state index is 11.2. The van der Waals surface area contributed by atoms with Gasteiger partial charge in [0.25, 0.3) is 0 Å². The Morgan fingerprint density at radius 2 is 1.29 bits per heavy atom. The summed E-state index contributed by atoms with van der Waals surface area (Å²) in [5.41, 5.74) is 0.257. The van der Waals surface area contributed by atoms with Gasteiger partial charge in [0.05, 0.1) is 12.0 Å². The van der Waals surface area contributed by atoms with Crippen LogP contribution in [0.25, 0.3) is 5.69 Å². The molecule has 0 atom stereocenters. The normalized spacial score (nSPS) is 9.29. The average molecular weight is 290 g/mol. The largest absolute Gasteiger partial charge is 1.00 e. The fourth-order valence-corrected chi connectivity index (χ4v) is 1.66. The summed E-state index contributed by atoms with van der Waals surface area (Å²) in [4.78, 5) is 0. The Balaban J connectivity index is 0.00000128. The Morgan fingerprint density at radius 3 is 1.71 bits per heavy atom. The summed E-state index contributed by atoms with van der Waals surface area (Å²) in [5.74, 6) is 0. The number of benzene rings is 1. The van der Waals surface area contributed by atoms with Crippen LogP contribution < -0.4 is 69.3 Å². The zero-order valence-corrected chi connectivity index (χ0v) is 14.7. The van der Waals surface area contributed by atoms with Crippen LogP contribution in [0, 0.1) is 0 Å². The van der Waals surface area contributed by atoms with E-state index in [2.05, 4.69) is 10.2 Å². The van der Waals surface area contributed by atoms with Crippen LogP contribution in [-0.2, 0) is 0 Å². The van der Waals surface area contributed by atoms with Crippen LogP contribution in [-0.4, -0.2) is 14.8 Å². The van der Waals surface area contributed by atoms with Crippen molar-refractivity contribution in [3.63, 3.8) is 0 Å². The first-order chi connectivity index (χ1) is 7.08. The molecule has 0 aliphatic rings. The second-order valence-corrected chi connectivity index (χ2v) is 3.60. The summed E-state index contributed by atoms with van der Waals surface area (Å²) in [5, 5.41) is 29.2. The van der Waals surface area contributed by atoms with Gasteiger partial charge in [0.1, 0.15) is 0 Å². The molecule has 0 aliphatic carbocycles. The SMILES string of the molecule is [Na+].[Na+].[O-]c1nnc([O-])n1-c1cc(Cl)cc(Cl)c1. The molecule has 0 saturated carbocycles. The molecule has 0 unspecified atom stereocenters. The van der Waals surface area contributed by atoms with Gasteiger partial charge in [0.15, 0.2) is 0 Å². The molecule has 0 aliphatic heterocycles. The first kappa shape index (κ1) is 17.5. The van der Waals surface area contributed by atoms with Crippen molar-refractivity contribution in [2.75, 3.05) is 0 Å². The molecule has 1 heterocycles. The summed E-state index contributed by atoms with van der Waals surface area (Å²) in [6.07, 6.45) is 0. The first-order valence-electron chi connectivity index (χ1n) is 3.84. The van der Waals surface area contributed by atoms with Crippen LogP contribution in [0.15, 0.2) is 18.2 Å². The Morgan fingerprint density at radius 1 is 0.882 bits per heavy atom. The minimum atomic E-state index is -0.752. The molecule has 0 radical (unpaired) electrons. The molecule has 2 rings (SSSR count). The third-order valence-corrected chi connectivity index (χ3v) is 2.15. The van der Waals surface area contributed by atoms with Crippen molar-refractivity contribution >= 4 is 23.2 Å². The maximum absolute atomic E-state index is 11.2. The Bertz CT molecular complexity index is 482. The van der Waals surface area contributed by atoms with Crippen molar-refractivity contribution in [2.24, 2.45) is 0 Å².